The van der Waals surface area contributed by atoms with Crippen molar-refractivity contribution < 1.29 is 9.59 Å². The molecule has 0 aromatic heterocycles. The van der Waals surface area contributed by atoms with Gasteiger partial charge in [0.1, 0.15) is 11.7 Å². The Balaban J connectivity index is 1.83. The number of nitrogens with one attached hydrogen (secondary N) is 2. The van der Waals surface area contributed by atoms with E-state index in [1.54, 1.807) is 0 Å². The van der Waals surface area contributed by atoms with E-state index in [2.05, 4.69) is 62.3 Å². The van der Waals surface area contributed by atoms with Gasteiger partial charge in [0.15, 0.2) is 0 Å². The van der Waals surface area contributed by atoms with Crippen LogP contribution in [0.1, 0.15) is 78.7 Å². The number of para-hydroxylation sites is 1. The van der Waals surface area contributed by atoms with Gasteiger partial charge in [-0.3, -0.25) is 14.6 Å². The number of rotatable bonds is 6. The van der Waals surface area contributed by atoms with Crippen LogP contribution in [-0.2, 0) is 9.59 Å². The van der Waals surface area contributed by atoms with Gasteiger partial charge >= 0.3 is 0 Å². The standard InChI is InChI=1S/C26H40N4O2/c1-18(2)13-14-22(31)29-26(15-9-10-16-26)24(32)28-21-17-30(6)20-12-8-7-11-19(20)23(27-21)25(3,4)5/h7-8,11-12,18,21H,9-10,13-17H2,1-6H3,(H,28,32)(H,29,31). The number of amides is 2. The molecule has 1 aliphatic heterocycles. The first-order valence-electron chi connectivity index (χ1n) is 12.0. The summed E-state index contributed by atoms with van der Waals surface area (Å²) >= 11 is 0. The SMILES string of the molecule is CC(C)CCC(=O)NC1(C(=O)NC2CN(C)c3ccccc3C(C(C)(C)C)=N2)CCCC1. The average molecular weight is 441 g/mol. The minimum Gasteiger partial charge on any atom is -0.370 e. The number of anilines is 1. The molecular weight excluding hydrogens is 400 g/mol. The second kappa shape index (κ2) is 9.63. The summed E-state index contributed by atoms with van der Waals surface area (Å²) in [7, 11) is 2.04. The zero-order valence-electron chi connectivity index (χ0n) is 20.6. The predicted molar refractivity (Wildman–Crippen MR) is 131 cm³/mol. The van der Waals surface area contributed by atoms with Crippen molar-refractivity contribution in [1.82, 2.24) is 10.6 Å². The van der Waals surface area contributed by atoms with Crippen LogP contribution >= 0.6 is 0 Å². The van der Waals surface area contributed by atoms with E-state index in [0.29, 0.717) is 31.7 Å². The molecule has 0 bridgehead atoms. The number of fused-ring (bicyclic) bond motifs is 1. The van der Waals surface area contributed by atoms with Crippen LogP contribution in [0.3, 0.4) is 0 Å². The number of hydrogen-bond donors (Lipinski definition) is 2. The molecule has 6 heteroatoms. The lowest BCUT2D eigenvalue weighted by Gasteiger charge is -2.31. The zero-order valence-corrected chi connectivity index (χ0v) is 20.6. The Kier molecular flexibility index (Phi) is 7.31. The van der Waals surface area contributed by atoms with Crippen molar-refractivity contribution in [3.05, 3.63) is 29.8 Å². The molecule has 2 aliphatic rings. The average Bonchev–Trinajstić information content (AvgIpc) is 3.13. The molecule has 1 fully saturated rings. The van der Waals surface area contributed by atoms with Gasteiger partial charge in [-0.25, -0.2) is 0 Å². The number of likely N-dealkylation sites (N-methyl/N-ethyl adjacent to an activating group) is 1. The molecule has 1 aliphatic carbocycles. The second-order valence-corrected chi connectivity index (χ2v) is 10.9. The second-order valence-electron chi connectivity index (χ2n) is 10.9. The predicted octanol–water partition coefficient (Wildman–Crippen LogP) is 4.28. The number of aliphatic imine (C=N–C) groups is 1. The van der Waals surface area contributed by atoms with E-state index in [1.165, 1.54) is 0 Å². The van der Waals surface area contributed by atoms with E-state index in [-0.39, 0.29) is 23.4 Å². The minimum atomic E-state index is -0.816. The van der Waals surface area contributed by atoms with Crippen molar-refractivity contribution in [1.29, 1.82) is 0 Å². The van der Waals surface area contributed by atoms with Gasteiger partial charge in [0.25, 0.3) is 0 Å². The highest BCUT2D eigenvalue weighted by atomic mass is 16.2. The molecule has 0 radical (unpaired) electrons. The van der Waals surface area contributed by atoms with E-state index < -0.39 is 5.54 Å². The lowest BCUT2D eigenvalue weighted by Crippen LogP contribution is -2.59. The summed E-state index contributed by atoms with van der Waals surface area (Å²) in [5.41, 5.74) is 2.24. The quantitative estimate of drug-likeness (QED) is 0.693. The first kappa shape index (κ1) is 24.3. The molecule has 0 saturated heterocycles. The summed E-state index contributed by atoms with van der Waals surface area (Å²) in [6, 6.07) is 8.28. The molecule has 1 atom stereocenters. The fraction of sp³-hybridized carbons (Fsp3) is 0.654. The molecule has 3 rings (SSSR count). The Morgan fingerprint density at radius 1 is 1.19 bits per heavy atom. The van der Waals surface area contributed by atoms with Crippen LogP contribution in [-0.4, -0.2) is 42.8 Å². The summed E-state index contributed by atoms with van der Waals surface area (Å²) in [6.07, 6.45) is 4.18. The highest BCUT2D eigenvalue weighted by Crippen LogP contribution is 2.33. The van der Waals surface area contributed by atoms with Gasteiger partial charge in [-0.2, -0.15) is 0 Å². The van der Waals surface area contributed by atoms with Gasteiger partial charge in [0.2, 0.25) is 11.8 Å². The third-order valence-electron chi connectivity index (χ3n) is 6.53. The van der Waals surface area contributed by atoms with Crippen molar-refractivity contribution in [3.63, 3.8) is 0 Å². The third-order valence-corrected chi connectivity index (χ3v) is 6.53. The van der Waals surface area contributed by atoms with Crippen LogP contribution in [0, 0.1) is 11.3 Å². The summed E-state index contributed by atoms with van der Waals surface area (Å²) in [5.74, 6) is 0.330. The number of carbonyl (C=O) groups is 2. The number of benzene rings is 1. The topological polar surface area (TPSA) is 73.8 Å². The van der Waals surface area contributed by atoms with Gasteiger partial charge in [0, 0.05) is 30.1 Å². The van der Waals surface area contributed by atoms with E-state index in [9.17, 15) is 9.59 Å². The number of nitrogens with zero attached hydrogens (tertiary/aromatic N) is 2. The van der Waals surface area contributed by atoms with Gasteiger partial charge in [0.05, 0.1) is 12.3 Å². The van der Waals surface area contributed by atoms with Gasteiger partial charge in [-0.1, -0.05) is 65.7 Å². The Labute approximate surface area is 193 Å². The summed E-state index contributed by atoms with van der Waals surface area (Å²) in [6.45, 7) is 11.3. The fourth-order valence-electron chi connectivity index (χ4n) is 4.73. The van der Waals surface area contributed by atoms with E-state index in [4.69, 9.17) is 4.99 Å². The molecule has 2 amide bonds. The monoisotopic (exact) mass is 440 g/mol. The Bertz CT molecular complexity index is 863. The number of hydrogen-bond acceptors (Lipinski definition) is 4. The molecule has 6 nitrogen and oxygen atoms in total. The van der Waals surface area contributed by atoms with Crippen molar-refractivity contribution in [2.24, 2.45) is 16.3 Å². The lowest BCUT2D eigenvalue weighted by atomic mass is 9.85. The first-order chi connectivity index (χ1) is 15.0. The van der Waals surface area contributed by atoms with Gasteiger partial charge < -0.3 is 15.5 Å². The first-order valence-corrected chi connectivity index (χ1v) is 12.0. The van der Waals surface area contributed by atoms with Crippen LogP contribution in [0.4, 0.5) is 5.69 Å². The Morgan fingerprint density at radius 3 is 2.47 bits per heavy atom. The van der Waals surface area contributed by atoms with Gasteiger partial charge in [-0.05, 0) is 31.2 Å². The largest absolute Gasteiger partial charge is 0.370 e. The third kappa shape index (κ3) is 5.51. The van der Waals surface area contributed by atoms with Crippen molar-refractivity contribution >= 4 is 23.2 Å². The van der Waals surface area contributed by atoms with Gasteiger partial charge in [-0.15, -0.1) is 0 Å². The maximum absolute atomic E-state index is 13.5. The highest BCUT2D eigenvalue weighted by molar-refractivity contribution is 6.09. The number of benzodiazepines with no additional fused rings is 1. The van der Waals surface area contributed by atoms with Crippen molar-refractivity contribution in [2.45, 2.75) is 84.8 Å². The maximum atomic E-state index is 13.5. The summed E-state index contributed by atoms with van der Waals surface area (Å²) in [4.78, 5) is 33.4. The van der Waals surface area contributed by atoms with Crippen LogP contribution in [0.2, 0.25) is 0 Å². The molecule has 1 saturated carbocycles. The minimum absolute atomic E-state index is 0.0278. The molecule has 1 aromatic rings. The molecule has 0 spiro atoms. The highest BCUT2D eigenvalue weighted by Gasteiger charge is 2.43. The van der Waals surface area contributed by atoms with Crippen LogP contribution in [0.5, 0.6) is 0 Å². The molecule has 1 heterocycles. The van der Waals surface area contributed by atoms with Crippen LogP contribution in [0.15, 0.2) is 29.3 Å². The van der Waals surface area contributed by atoms with E-state index in [0.717, 1.165) is 36.2 Å². The van der Waals surface area contributed by atoms with E-state index >= 15 is 0 Å². The van der Waals surface area contributed by atoms with Crippen LogP contribution in [0.25, 0.3) is 0 Å². The normalized spacial score (nSPS) is 20.4. The Morgan fingerprint density at radius 2 is 1.84 bits per heavy atom. The Hall–Kier alpha value is -2.37. The van der Waals surface area contributed by atoms with Crippen molar-refractivity contribution in [3.8, 4) is 0 Å². The van der Waals surface area contributed by atoms with Crippen LogP contribution < -0.4 is 15.5 Å². The fourth-order valence-corrected chi connectivity index (χ4v) is 4.73. The number of carbonyl (C=O) groups excluding carboxylic acids is 2. The molecule has 32 heavy (non-hydrogen) atoms. The molecule has 2 N–H and O–H groups in total. The lowest BCUT2D eigenvalue weighted by molar-refractivity contribution is -0.134. The maximum Gasteiger partial charge on any atom is 0.247 e. The van der Waals surface area contributed by atoms with E-state index in [1.807, 2.05) is 19.2 Å². The summed E-state index contributed by atoms with van der Waals surface area (Å²) < 4.78 is 0. The van der Waals surface area contributed by atoms with Crippen molar-refractivity contribution in [2.75, 3.05) is 18.5 Å². The zero-order chi connectivity index (χ0) is 23.5. The molecule has 176 valence electrons. The smallest absolute Gasteiger partial charge is 0.247 e. The molecular formula is C26H40N4O2. The molecule has 1 unspecified atom stereocenters. The summed E-state index contributed by atoms with van der Waals surface area (Å²) in [5, 5.41) is 6.31. The molecule has 1 aromatic carbocycles.